The Balaban J connectivity index is 1.61. The molecule has 0 radical (unpaired) electrons. The van der Waals surface area contributed by atoms with Crippen LogP contribution >= 0.6 is 0 Å². The number of anilines is 1. The summed E-state index contributed by atoms with van der Waals surface area (Å²) < 4.78 is 5.96. The molecule has 2 bridgehead atoms. The Kier molecular flexibility index (Phi) is 4.22. The van der Waals surface area contributed by atoms with Gasteiger partial charge in [0.05, 0.1) is 30.0 Å². The van der Waals surface area contributed by atoms with E-state index in [1.54, 1.807) is 12.4 Å². The largest absolute Gasteiger partial charge is 0.371 e. The van der Waals surface area contributed by atoms with Gasteiger partial charge in [-0.25, -0.2) is 0 Å². The number of aromatic nitrogens is 1. The van der Waals surface area contributed by atoms with Crippen LogP contribution in [-0.2, 0) is 9.53 Å². The van der Waals surface area contributed by atoms with Crippen molar-refractivity contribution in [2.24, 2.45) is 11.8 Å². The van der Waals surface area contributed by atoms with Crippen molar-refractivity contribution in [3.8, 4) is 0 Å². The number of amides is 1. The standard InChI is InChI=1S/C16H23N3O2/c1-11(2)8-19-9-13-6-14(15(10-19)21-13)16(20)18-12-4-3-5-17-7-12/h3-5,7,11,13-15H,6,8-10H2,1-2H3,(H,18,20)/t13-,14+,15-/m1/s1. The Labute approximate surface area is 125 Å². The van der Waals surface area contributed by atoms with Gasteiger partial charge in [0.2, 0.25) is 5.91 Å². The molecule has 0 aliphatic carbocycles. The predicted octanol–water partition coefficient (Wildman–Crippen LogP) is 1.77. The Morgan fingerprint density at radius 1 is 1.52 bits per heavy atom. The number of morpholine rings is 1. The van der Waals surface area contributed by atoms with Crippen LogP contribution in [0.5, 0.6) is 0 Å². The second kappa shape index (κ2) is 6.12. The van der Waals surface area contributed by atoms with Crippen LogP contribution in [0.4, 0.5) is 5.69 Å². The van der Waals surface area contributed by atoms with E-state index in [0.29, 0.717) is 5.92 Å². The summed E-state index contributed by atoms with van der Waals surface area (Å²) in [6.07, 6.45) is 4.42. The van der Waals surface area contributed by atoms with Crippen molar-refractivity contribution in [1.29, 1.82) is 0 Å². The zero-order valence-corrected chi connectivity index (χ0v) is 12.7. The number of fused-ring (bicyclic) bond motifs is 2. The van der Waals surface area contributed by atoms with E-state index in [1.807, 2.05) is 12.1 Å². The summed E-state index contributed by atoms with van der Waals surface area (Å²) >= 11 is 0. The van der Waals surface area contributed by atoms with E-state index in [4.69, 9.17) is 4.74 Å². The molecular weight excluding hydrogens is 266 g/mol. The highest BCUT2D eigenvalue weighted by Gasteiger charge is 2.44. The summed E-state index contributed by atoms with van der Waals surface area (Å²) in [5.41, 5.74) is 0.753. The monoisotopic (exact) mass is 289 g/mol. The van der Waals surface area contributed by atoms with Crippen molar-refractivity contribution in [2.45, 2.75) is 32.5 Å². The van der Waals surface area contributed by atoms with Crippen LogP contribution in [0.2, 0.25) is 0 Å². The number of hydrogen-bond acceptors (Lipinski definition) is 4. The van der Waals surface area contributed by atoms with Crippen molar-refractivity contribution in [3.05, 3.63) is 24.5 Å². The number of nitrogens with one attached hydrogen (secondary N) is 1. The van der Waals surface area contributed by atoms with Crippen LogP contribution in [0.25, 0.3) is 0 Å². The minimum atomic E-state index is -0.0487. The third-order valence-electron chi connectivity index (χ3n) is 4.12. The number of nitrogens with zero attached hydrogens (tertiary/aromatic N) is 2. The molecule has 2 aliphatic heterocycles. The summed E-state index contributed by atoms with van der Waals surface area (Å²) in [5.74, 6) is 0.652. The van der Waals surface area contributed by atoms with E-state index >= 15 is 0 Å². The highest BCUT2D eigenvalue weighted by atomic mass is 16.5. The van der Waals surface area contributed by atoms with E-state index in [1.165, 1.54) is 0 Å². The average molecular weight is 289 g/mol. The van der Waals surface area contributed by atoms with Gasteiger partial charge in [-0.3, -0.25) is 14.7 Å². The summed E-state index contributed by atoms with van der Waals surface area (Å²) in [4.78, 5) is 18.9. The molecule has 114 valence electrons. The molecule has 1 amide bonds. The molecule has 1 N–H and O–H groups in total. The zero-order valence-electron chi connectivity index (χ0n) is 12.7. The van der Waals surface area contributed by atoms with Crippen molar-refractivity contribution < 1.29 is 9.53 Å². The van der Waals surface area contributed by atoms with E-state index in [-0.39, 0.29) is 24.0 Å². The third-order valence-corrected chi connectivity index (χ3v) is 4.12. The maximum absolute atomic E-state index is 12.4. The fraction of sp³-hybridized carbons (Fsp3) is 0.625. The number of carbonyl (C=O) groups excluding carboxylic acids is 1. The summed E-state index contributed by atoms with van der Waals surface area (Å²) in [5, 5.41) is 2.95. The smallest absolute Gasteiger partial charge is 0.230 e. The Morgan fingerprint density at radius 2 is 2.38 bits per heavy atom. The van der Waals surface area contributed by atoms with Gasteiger partial charge in [-0.15, -0.1) is 0 Å². The first-order valence-electron chi connectivity index (χ1n) is 7.70. The van der Waals surface area contributed by atoms with Crippen LogP contribution in [0, 0.1) is 11.8 Å². The first-order valence-corrected chi connectivity index (χ1v) is 7.70. The zero-order chi connectivity index (χ0) is 14.8. The van der Waals surface area contributed by atoms with Crippen LogP contribution in [-0.4, -0.2) is 47.6 Å². The highest BCUT2D eigenvalue weighted by molar-refractivity contribution is 5.93. The van der Waals surface area contributed by atoms with E-state index in [9.17, 15) is 4.79 Å². The molecular formula is C16H23N3O2. The molecule has 2 saturated heterocycles. The van der Waals surface area contributed by atoms with Crippen molar-refractivity contribution >= 4 is 11.6 Å². The van der Waals surface area contributed by atoms with E-state index < -0.39 is 0 Å². The van der Waals surface area contributed by atoms with Gasteiger partial charge in [0.1, 0.15) is 0 Å². The van der Waals surface area contributed by atoms with Crippen molar-refractivity contribution in [3.63, 3.8) is 0 Å². The van der Waals surface area contributed by atoms with Gasteiger partial charge in [0.15, 0.2) is 0 Å². The van der Waals surface area contributed by atoms with Crippen molar-refractivity contribution in [2.75, 3.05) is 25.0 Å². The molecule has 3 atom stereocenters. The number of hydrogen-bond donors (Lipinski definition) is 1. The SMILES string of the molecule is CC(C)CN1C[C@H]2C[C@H](C(=O)Nc3cccnc3)[C@@H](C1)O2. The fourth-order valence-electron chi connectivity index (χ4n) is 3.35. The molecule has 0 aromatic carbocycles. The number of rotatable bonds is 4. The average Bonchev–Trinajstić information content (AvgIpc) is 2.74. The molecule has 0 saturated carbocycles. The Hall–Kier alpha value is -1.46. The van der Waals surface area contributed by atoms with Crippen molar-refractivity contribution in [1.82, 2.24) is 9.88 Å². The Bertz CT molecular complexity index is 492. The number of carbonyl (C=O) groups is 1. The minimum Gasteiger partial charge on any atom is -0.371 e. The highest BCUT2D eigenvalue weighted by Crippen LogP contribution is 2.33. The molecule has 0 spiro atoms. The van der Waals surface area contributed by atoms with Gasteiger partial charge in [-0.05, 0) is 24.5 Å². The molecule has 3 heterocycles. The predicted molar refractivity (Wildman–Crippen MR) is 80.9 cm³/mol. The number of likely N-dealkylation sites (tertiary alicyclic amines) is 1. The summed E-state index contributed by atoms with van der Waals surface area (Å²) in [6.45, 7) is 7.34. The third kappa shape index (κ3) is 3.41. The fourth-order valence-corrected chi connectivity index (χ4v) is 3.35. The summed E-state index contributed by atoms with van der Waals surface area (Å²) in [6, 6.07) is 3.68. The molecule has 5 nitrogen and oxygen atoms in total. The first-order chi connectivity index (χ1) is 10.1. The maximum atomic E-state index is 12.4. The molecule has 0 unspecified atom stereocenters. The Morgan fingerprint density at radius 3 is 3.10 bits per heavy atom. The van der Waals surface area contributed by atoms with Crippen LogP contribution in [0.3, 0.4) is 0 Å². The maximum Gasteiger partial charge on any atom is 0.230 e. The van der Waals surface area contributed by atoms with Gasteiger partial charge >= 0.3 is 0 Å². The van der Waals surface area contributed by atoms with Gasteiger partial charge in [-0.1, -0.05) is 13.8 Å². The van der Waals surface area contributed by atoms with Crippen LogP contribution in [0.1, 0.15) is 20.3 Å². The lowest BCUT2D eigenvalue weighted by Crippen LogP contribution is -2.45. The number of ether oxygens (including phenoxy) is 1. The number of pyridine rings is 1. The quantitative estimate of drug-likeness (QED) is 0.918. The molecule has 1 aromatic heterocycles. The van der Waals surface area contributed by atoms with Crippen LogP contribution < -0.4 is 5.32 Å². The molecule has 2 fully saturated rings. The second-order valence-electron chi connectivity index (χ2n) is 6.48. The second-order valence-corrected chi connectivity index (χ2v) is 6.48. The van der Waals surface area contributed by atoms with Gasteiger partial charge in [0.25, 0.3) is 0 Å². The van der Waals surface area contributed by atoms with Gasteiger partial charge < -0.3 is 10.1 Å². The normalized spacial score (nSPS) is 28.8. The lowest BCUT2D eigenvalue weighted by molar-refractivity contribution is -0.123. The topological polar surface area (TPSA) is 54.5 Å². The molecule has 2 aliphatic rings. The lowest BCUT2D eigenvalue weighted by atomic mass is 9.99. The summed E-state index contributed by atoms with van der Waals surface area (Å²) in [7, 11) is 0. The van der Waals surface area contributed by atoms with E-state index in [2.05, 4.69) is 29.0 Å². The van der Waals surface area contributed by atoms with Crippen LogP contribution in [0.15, 0.2) is 24.5 Å². The van der Waals surface area contributed by atoms with E-state index in [0.717, 1.165) is 31.7 Å². The first kappa shape index (κ1) is 14.5. The molecule has 3 rings (SSSR count). The molecule has 5 heteroatoms. The molecule has 1 aromatic rings. The lowest BCUT2D eigenvalue weighted by Gasteiger charge is -2.33. The van der Waals surface area contributed by atoms with Gasteiger partial charge in [0, 0.05) is 25.8 Å². The minimum absolute atomic E-state index is 0.0270. The molecule has 21 heavy (non-hydrogen) atoms. The van der Waals surface area contributed by atoms with Gasteiger partial charge in [-0.2, -0.15) is 0 Å².